The number of aliphatic hydroxyl groups is 2. The minimum absolute atomic E-state index is 0.267. The minimum Gasteiger partial charge on any atom is -0.478 e. The van der Waals surface area contributed by atoms with Crippen LogP contribution in [0.1, 0.15) is 59.3 Å². The van der Waals surface area contributed by atoms with Crippen LogP contribution in [0, 0.1) is 5.41 Å². The lowest BCUT2D eigenvalue weighted by Crippen LogP contribution is -2.35. The highest BCUT2D eigenvalue weighted by molar-refractivity contribution is 5.87. The van der Waals surface area contributed by atoms with Gasteiger partial charge in [0, 0.05) is 5.57 Å². The van der Waals surface area contributed by atoms with E-state index in [4.69, 9.17) is 0 Å². The summed E-state index contributed by atoms with van der Waals surface area (Å²) in [5.41, 5.74) is 0.969. The molecular formula is C15H26O4. The zero-order chi connectivity index (χ0) is 14.6. The number of allylic oxidation sites excluding steroid dienone is 1. The van der Waals surface area contributed by atoms with E-state index in [0.29, 0.717) is 12.0 Å². The third-order valence-electron chi connectivity index (χ3n) is 4.65. The van der Waals surface area contributed by atoms with Crippen molar-refractivity contribution in [2.75, 3.05) is 0 Å². The van der Waals surface area contributed by atoms with E-state index in [1.807, 2.05) is 6.92 Å². The van der Waals surface area contributed by atoms with Gasteiger partial charge < -0.3 is 15.3 Å². The van der Waals surface area contributed by atoms with Crippen LogP contribution in [0.25, 0.3) is 0 Å². The van der Waals surface area contributed by atoms with Crippen molar-refractivity contribution in [1.29, 1.82) is 0 Å². The summed E-state index contributed by atoms with van der Waals surface area (Å²) in [7, 11) is 0. The molecule has 110 valence electrons. The highest BCUT2D eigenvalue weighted by Gasteiger charge is 2.38. The van der Waals surface area contributed by atoms with Crippen molar-refractivity contribution in [1.82, 2.24) is 0 Å². The van der Waals surface area contributed by atoms with Crippen molar-refractivity contribution in [3.8, 4) is 0 Å². The molecule has 0 bridgehead atoms. The van der Waals surface area contributed by atoms with Crippen LogP contribution in [0.2, 0.25) is 0 Å². The highest BCUT2D eigenvalue weighted by atomic mass is 16.4. The molecule has 0 aliphatic heterocycles. The fraction of sp³-hybridized carbons (Fsp3) is 0.800. The first-order valence-corrected chi connectivity index (χ1v) is 7.07. The Morgan fingerprint density at radius 2 is 1.68 bits per heavy atom. The summed E-state index contributed by atoms with van der Waals surface area (Å²) in [6.07, 6.45) is 3.92. The number of hydrogen-bond acceptors (Lipinski definition) is 3. The van der Waals surface area contributed by atoms with E-state index in [0.717, 1.165) is 37.7 Å². The number of rotatable bonds is 5. The lowest BCUT2D eigenvalue weighted by molar-refractivity contribution is -0.132. The number of hydrogen-bond donors (Lipinski definition) is 3. The number of carboxylic acids is 1. The van der Waals surface area contributed by atoms with Crippen molar-refractivity contribution in [2.45, 2.75) is 71.5 Å². The molecule has 0 saturated heterocycles. The minimum atomic E-state index is -0.894. The lowest BCUT2D eigenvalue weighted by atomic mass is 9.65. The lowest BCUT2D eigenvalue weighted by Gasteiger charge is -2.41. The molecule has 2 atom stereocenters. The average Bonchev–Trinajstić information content (AvgIpc) is 2.37. The fourth-order valence-corrected chi connectivity index (χ4v) is 3.09. The van der Waals surface area contributed by atoms with Gasteiger partial charge in [-0.25, -0.2) is 4.79 Å². The molecule has 0 heterocycles. The van der Waals surface area contributed by atoms with Crippen molar-refractivity contribution < 1.29 is 20.1 Å². The summed E-state index contributed by atoms with van der Waals surface area (Å²) in [5.74, 6) is -0.894. The van der Waals surface area contributed by atoms with Crippen LogP contribution in [0.4, 0.5) is 0 Å². The third kappa shape index (κ3) is 3.80. The van der Waals surface area contributed by atoms with Crippen LogP contribution in [-0.2, 0) is 4.79 Å². The molecule has 0 aromatic carbocycles. The van der Waals surface area contributed by atoms with Crippen LogP contribution in [0.3, 0.4) is 0 Å². The molecule has 0 aromatic rings. The van der Waals surface area contributed by atoms with Gasteiger partial charge in [0.15, 0.2) is 0 Å². The second kappa shape index (κ2) is 6.53. The molecule has 0 spiro atoms. The monoisotopic (exact) mass is 270 g/mol. The molecule has 1 fully saturated rings. The van der Waals surface area contributed by atoms with Crippen LogP contribution >= 0.6 is 0 Å². The first-order chi connectivity index (χ1) is 8.80. The Balaban J connectivity index is 3.06. The standard InChI is InChI=1S/C15H26O4/c1-10(14(18)19)11(2)15(7-5-4-6-8-15)9-13(17)12(3)16/h12-13,16-17H,4-9H2,1-3H3,(H,18,19). The van der Waals surface area contributed by atoms with Gasteiger partial charge in [0.1, 0.15) is 0 Å². The zero-order valence-electron chi connectivity index (χ0n) is 12.1. The number of carbonyl (C=O) groups is 1. The van der Waals surface area contributed by atoms with Crippen LogP contribution < -0.4 is 0 Å². The quantitative estimate of drug-likeness (QED) is 0.671. The molecule has 4 nitrogen and oxygen atoms in total. The highest BCUT2D eigenvalue weighted by Crippen LogP contribution is 2.47. The van der Waals surface area contributed by atoms with Crippen molar-refractivity contribution in [3.05, 3.63) is 11.1 Å². The summed E-state index contributed by atoms with van der Waals surface area (Å²) in [4.78, 5) is 11.2. The largest absolute Gasteiger partial charge is 0.478 e. The smallest absolute Gasteiger partial charge is 0.331 e. The normalized spacial score (nSPS) is 23.4. The maximum atomic E-state index is 11.2. The van der Waals surface area contributed by atoms with Gasteiger partial charge in [-0.3, -0.25) is 0 Å². The molecule has 1 aliphatic carbocycles. The predicted octanol–water partition coefficient (Wildman–Crippen LogP) is 2.49. The summed E-state index contributed by atoms with van der Waals surface area (Å²) in [6.45, 7) is 5.07. The molecule has 0 aromatic heterocycles. The third-order valence-corrected chi connectivity index (χ3v) is 4.65. The topological polar surface area (TPSA) is 77.8 Å². The Bertz CT molecular complexity index is 351. The van der Waals surface area contributed by atoms with Gasteiger partial charge in [0.2, 0.25) is 0 Å². The second-order valence-corrected chi connectivity index (χ2v) is 5.91. The molecule has 4 heteroatoms. The maximum Gasteiger partial charge on any atom is 0.331 e. The second-order valence-electron chi connectivity index (χ2n) is 5.91. The van der Waals surface area contributed by atoms with E-state index >= 15 is 0 Å². The SMILES string of the molecule is CC(C(=O)O)=C(C)C1(CC(O)C(C)O)CCCCC1. The molecule has 3 N–H and O–H groups in total. The van der Waals surface area contributed by atoms with Gasteiger partial charge in [0.25, 0.3) is 0 Å². The Morgan fingerprint density at radius 1 is 1.16 bits per heavy atom. The van der Waals surface area contributed by atoms with Crippen molar-refractivity contribution in [2.24, 2.45) is 5.41 Å². The van der Waals surface area contributed by atoms with E-state index in [-0.39, 0.29) is 5.41 Å². The van der Waals surface area contributed by atoms with Gasteiger partial charge in [0.05, 0.1) is 12.2 Å². The summed E-state index contributed by atoms with van der Waals surface area (Å²) >= 11 is 0. The van der Waals surface area contributed by atoms with Crippen LogP contribution in [-0.4, -0.2) is 33.5 Å². The number of carboxylic acid groups (broad SMARTS) is 1. The predicted molar refractivity (Wildman–Crippen MR) is 73.8 cm³/mol. The van der Waals surface area contributed by atoms with E-state index in [9.17, 15) is 20.1 Å². The zero-order valence-corrected chi connectivity index (χ0v) is 12.1. The Kier molecular flexibility index (Phi) is 5.56. The summed E-state index contributed by atoms with van der Waals surface area (Å²) in [5, 5.41) is 28.7. The van der Waals surface area contributed by atoms with E-state index in [1.165, 1.54) is 0 Å². The average molecular weight is 270 g/mol. The maximum absolute atomic E-state index is 11.2. The first-order valence-electron chi connectivity index (χ1n) is 7.07. The van der Waals surface area contributed by atoms with E-state index in [1.54, 1.807) is 13.8 Å². The van der Waals surface area contributed by atoms with Crippen molar-refractivity contribution >= 4 is 5.97 Å². The molecule has 19 heavy (non-hydrogen) atoms. The molecule has 0 amide bonds. The van der Waals surface area contributed by atoms with Gasteiger partial charge >= 0.3 is 5.97 Å². The Hall–Kier alpha value is -0.870. The van der Waals surface area contributed by atoms with Crippen molar-refractivity contribution in [3.63, 3.8) is 0 Å². The van der Waals surface area contributed by atoms with Gasteiger partial charge in [-0.15, -0.1) is 0 Å². The molecule has 1 rings (SSSR count). The first kappa shape index (κ1) is 16.2. The Labute approximate surface area is 115 Å². The van der Waals surface area contributed by atoms with Crippen LogP contribution in [0.15, 0.2) is 11.1 Å². The van der Waals surface area contributed by atoms with Crippen LogP contribution in [0.5, 0.6) is 0 Å². The number of aliphatic hydroxyl groups excluding tert-OH is 2. The van der Waals surface area contributed by atoms with E-state index < -0.39 is 18.2 Å². The summed E-state index contributed by atoms with van der Waals surface area (Å²) in [6, 6.07) is 0. The molecule has 1 saturated carbocycles. The molecule has 0 radical (unpaired) electrons. The summed E-state index contributed by atoms with van der Waals surface area (Å²) < 4.78 is 0. The van der Waals surface area contributed by atoms with Gasteiger partial charge in [-0.2, -0.15) is 0 Å². The van der Waals surface area contributed by atoms with Gasteiger partial charge in [-0.05, 0) is 45.4 Å². The molecule has 2 unspecified atom stereocenters. The van der Waals surface area contributed by atoms with E-state index in [2.05, 4.69) is 0 Å². The molecular weight excluding hydrogens is 244 g/mol. The fourth-order valence-electron chi connectivity index (χ4n) is 3.09. The number of aliphatic carboxylic acids is 1. The van der Waals surface area contributed by atoms with Gasteiger partial charge in [-0.1, -0.05) is 24.8 Å². The molecule has 1 aliphatic rings. The Morgan fingerprint density at radius 3 is 2.11 bits per heavy atom.